The van der Waals surface area contributed by atoms with E-state index in [9.17, 15) is 0 Å². The van der Waals surface area contributed by atoms with Crippen molar-refractivity contribution in [2.45, 2.75) is 40.3 Å². The minimum Gasteiger partial charge on any atom is -0.310 e. The zero-order valence-electron chi connectivity index (χ0n) is 11.1. The summed E-state index contributed by atoms with van der Waals surface area (Å²) in [5.41, 5.74) is 1.34. The van der Waals surface area contributed by atoms with Gasteiger partial charge >= 0.3 is 0 Å². The van der Waals surface area contributed by atoms with Gasteiger partial charge in [-0.15, -0.1) is 16.4 Å². The summed E-state index contributed by atoms with van der Waals surface area (Å²) in [6, 6.07) is 2.21. The van der Waals surface area contributed by atoms with Crippen molar-refractivity contribution in [3.63, 3.8) is 0 Å². The van der Waals surface area contributed by atoms with Crippen molar-refractivity contribution in [1.82, 2.24) is 25.5 Å². The van der Waals surface area contributed by atoms with Gasteiger partial charge < -0.3 is 5.32 Å². The second kappa shape index (κ2) is 6.06. The van der Waals surface area contributed by atoms with E-state index < -0.39 is 0 Å². The fourth-order valence-corrected chi connectivity index (χ4v) is 2.76. The van der Waals surface area contributed by atoms with Gasteiger partial charge in [-0.2, -0.15) is 0 Å². The molecule has 2 heterocycles. The molecule has 0 aliphatic rings. The van der Waals surface area contributed by atoms with E-state index in [2.05, 4.69) is 47.7 Å². The van der Waals surface area contributed by atoms with Crippen LogP contribution in [0, 0.1) is 13.8 Å². The lowest BCUT2D eigenvalue weighted by Gasteiger charge is -2.03. The molecule has 2 rings (SSSR count). The Morgan fingerprint density at radius 1 is 1.39 bits per heavy atom. The lowest BCUT2D eigenvalue weighted by atomic mass is 10.3. The third kappa shape index (κ3) is 3.14. The van der Waals surface area contributed by atoms with Crippen molar-refractivity contribution in [3.8, 4) is 0 Å². The number of thiophene rings is 1. The van der Waals surface area contributed by atoms with Crippen LogP contribution in [0.4, 0.5) is 0 Å². The van der Waals surface area contributed by atoms with Crippen molar-refractivity contribution >= 4 is 11.3 Å². The van der Waals surface area contributed by atoms with Crippen molar-refractivity contribution < 1.29 is 0 Å². The summed E-state index contributed by atoms with van der Waals surface area (Å²) in [5, 5.41) is 15.2. The number of tetrazole rings is 1. The van der Waals surface area contributed by atoms with Crippen LogP contribution in [0.15, 0.2) is 6.07 Å². The molecule has 0 atom stereocenters. The normalized spacial score (nSPS) is 11.1. The molecule has 98 valence electrons. The lowest BCUT2D eigenvalue weighted by molar-refractivity contribution is 0.580. The predicted molar refractivity (Wildman–Crippen MR) is 72.7 cm³/mol. The SMILES string of the molecule is CCCNCc1nnnn1Cc1cc(C)c(C)s1. The zero-order valence-corrected chi connectivity index (χ0v) is 11.9. The first kappa shape index (κ1) is 13.2. The Balaban J connectivity index is 2.02. The first-order valence-electron chi connectivity index (χ1n) is 6.22. The minimum absolute atomic E-state index is 0.726. The molecule has 0 fully saturated rings. The zero-order chi connectivity index (χ0) is 13.0. The maximum absolute atomic E-state index is 4.06. The molecule has 0 aliphatic heterocycles. The molecule has 0 unspecified atom stereocenters. The van der Waals surface area contributed by atoms with E-state index >= 15 is 0 Å². The van der Waals surface area contributed by atoms with Crippen LogP contribution in [0.1, 0.15) is 34.5 Å². The quantitative estimate of drug-likeness (QED) is 0.811. The predicted octanol–water partition coefficient (Wildman–Crippen LogP) is 1.90. The van der Waals surface area contributed by atoms with Gasteiger partial charge in [-0.05, 0) is 48.9 Å². The summed E-state index contributed by atoms with van der Waals surface area (Å²) >= 11 is 1.81. The van der Waals surface area contributed by atoms with Crippen LogP contribution in [0.3, 0.4) is 0 Å². The molecular formula is C12H19N5S. The summed E-state index contributed by atoms with van der Waals surface area (Å²) in [6.45, 7) is 8.91. The number of hydrogen-bond acceptors (Lipinski definition) is 5. The summed E-state index contributed by atoms with van der Waals surface area (Å²) in [6.07, 6.45) is 1.12. The van der Waals surface area contributed by atoms with Crippen LogP contribution in [-0.2, 0) is 13.1 Å². The summed E-state index contributed by atoms with van der Waals surface area (Å²) in [7, 11) is 0. The van der Waals surface area contributed by atoms with Gasteiger partial charge in [0, 0.05) is 9.75 Å². The molecule has 1 N–H and O–H groups in total. The van der Waals surface area contributed by atoms with Crippen molar-refractivity contribution in [3.05, 3.63) is 27.2 Å². The highest BCUT2D eigenvalue weighted by atomic mass is 32.1. The van der Waals surface area contributed by atoms with Crippen molar-refractivity contribution in [2.75, 3.05) is 6.54 Å². The van der Waals surface area contributed by atoms with Gasteiger partial charge in [0.2, 0.25) is 0 Å². The number of aromatic nitrogens is 4. The Bertz CT molecular complexity index is 483. The van der Waals surface area contributed by atoms with E-state index in [1.165, 1.54) is 15.3 Å². The average Bonchev–Trinajstić information content (AvgIpc) is 2.88. The molecule has 0 bridgehead atoms. The minimum atomic E-state index is 0.726. The maximum atomic E-state index is 4.06. The van der Waals surface area contributed by atoms with E-state index in [1.54, 1.807) is 0 Å². The number of aryl methyl sites for hydroxylation is 2. The standard InChI is InChI=1S/C12H19N5S/c1-4-5-13-7-12-14-15-16-17(12)8-11-6-9(2)10(3)18-11/h6,13H,4-5,7-8H2,1-3H3. The smallest absolute Gasteiger partial charge is 0.165 e. The van der Waals surface area contributed by atoms with Gasteiger partial charge in [-0.3, -0.25) is 0 Å². The molecule has 18 heavy (non-hydrogen) atoms. The molecule has 0 spiro atoms. The highest BCUT2D eigenvalue weighted by Crippen LogP contribution is 2.21. The lowest BCUT2D eigenvalue weighted by Crippen LogP contribution is -2.18. The van der Waals surface area contributed by atoms with E-state index in [1.807, 2.05) is 16.0 Å². The van der Waals surface area contributed by atoms with Gasteiger partial charge in [0.25, 0.3) is 0 Å². The van der Waals surface area contributed by atoms with E-state index in [0.717, 1.165) is 31.9 Å². The number of nitrogens with one attached hydrogen (secondary N) is 1. The molecule has 0 aromatic carbocycles. The number of hydrogen-bond donors (Lipinski definition) is 1. The molecule has 2 aromatic heterocycles. The molecular weight excluding hydrogens is 246 g/mol. The van der Waals surface area contributed by atoms with Crippen molar-refractivity contribution in [1.29, 1.82) is 0 Å². The second-order valence-corrected chi connectivity index (χ2v) is 5.72. The molecule has 0 saturated heterocycles. The fraction of sp³-hybridized carbons (Fsp3) is 0.583. The van der Waals surface area contributed by atoms with Gasteiger partial charge in [-0.1, -0.05) is 6.92 Å². The molecule has 0 aliphatic carbocycles. The van der Waals surface area contributed by atoms with Gasteiger partial charge in [-0.25, -0.2) is 4.68 Å². The monoisotopic (exact) mass is 265 g/mol. The van der Waals surface area contributed by atoms with Crippen LogP contribution in [0.2, 0.25) is 0 Å². The Morgan fingerprint density at radius 3 is 2.89 bits per heavy atom. The highest BCUT2D eigenvalue weighted by molar-refractivity contribution is 7.12. The fourth-order valence-electron chi connectivity index (χ4n) is 1.72. The maximum Gasteiger partial charge on any atom is 0.165 e. The Kier molecular flexibility index (Phi) is 4.43. The topological polar surface area (TPSA) is 55.6 Å². The van der Waals surface area contributed by atoms with Gasteiger partial charge in [0.1, 0.15) is 0 Å². The van der Waals surface area contributed by atoms with E-state index in [-0.39, 0.29) is 0 Å². The van der Waals surface area contributed by atoms with Crippen LogP contribution >= 0.6 is 11.3 Å². The van der Waals surface area contributed by atoms with Crippen LogP contribution < -0.4 is 5.32 Å². The first-order chi connectivity index (χ1) is 8.70. The second-order valence-electron chi connectivity index (χ2n) is 4.38. The molecule has 0 radical (unpaired) electrons. The van der Waals surface area contributed by atoms with Crippen molar-refractivity contribution in [2.24, 2.45) is 0 Å². The third-order valence-electron chi connectivity index (χ3n) is 2.84. The molecule has 5 nitrogen and oxygen atoms in total. The first-order valence-corrected chi connectivity index (χ1v) is 7.04. The number of rotatable bonds is 6. The Labute approximate surface area is 111 Å². The third-order valence-corrected chi connectivity index (χ3v) is 3.98. The van der Waals surface area contributed by atoms with E-state index in [0.29, 0.717) is 0 Å². The van der Waals surface area contributed by atoms with E-state index in [4.69, 9.17) is 0 Å². The van der Waals surface area contributed by atoms with Crippen LogP contribution in [0.25, 0.3) is 0 Å². The van der Waals surface area contributed by atoms with Gasteiger partial charge in [0.15, 0.2) is 5.82 Å². The molecule has 0 amide bonds. The highest BCUT2D eigenvalue weighted by Gasteiger charge is 2.08. The summed E-state index contributed by atoms with van der Waals surface area (Å²) < 4.78 is 1.87. The average molecular weight is 265 g/mol. The van der Waals surface area contributed by atoms with Gasteiger partial charge in [0.05, 0.1) is 13.1 Å². The Morgan fingerprint density at radius 2 is 2.22 bits per heavy atom. The number of nitrogens with zero attached hydrogens (tertiary/aromatic N) is 4. The molecule has 2 aromatic rings. The summed E-state index contributed by atoms with van der Waals surface area (Å²) in [4.78, 5) is 2.66. The van der Waals surface area contributed by atoms with Crippen LogP contribution in [-0.4, -0.2) is 26.8 Å². The molecule has 6 heteroatoms. The largest absolute Gasteiger partial charge is 0.310 e. The Hall–Kier alpha value is -1.27. The van der Waals surface area contributed by atoms with Crippen LogP contribution in [0.5, 0.6) is 0 Å². The summed E-state index contributed by atoms with van der Waals surface area (Å²) in [5.74, 6) is 0.896. The molecule has 0 saturated carbocycles.